The normalized spacial score (nSPS) is 14.7. The van der Waals surface area contributed by atoms with Gasteiger partial charge in [0.25, 0.3) is 0 Å². The Morgan fingerprint density at radius 3 is 2.00 bits per heavy atom. The van der Waals surface area contributed by atoms with Crippen LogP contribution in [0.4, 0.5) is 0 Å². The third-order valence-electron chi connectivity index (χ3n) is 1.22. The minimum atomic E-state index is -3.76. The summed E-state index contributed by atoms with van der Waals surface area (Å²) in [6.07, 6.45) is 3.56. The zero-order chi connectivity index (χ0) is 9.83. The van der Waals surface area contributed by atoms with Gasteiger partial charge in [-0.1, -0.05) is 6.92 Å². The third kappa shape index (κ3) is 4.97. The zero-order valence-electron chi connectivity index (χ0n) is 7.86. The lowest BCUT2D eigenvalue weighted by Crippen LogP contribution is -2.14. The van der Waals surface area contributed by atoms with E-state index in [1.54, 1.807) is 19.4 Å². The lowest BCUT2D eigenvalue weighted by atomic mass is 10.9. The fraction of sp³-hybridized carbons (Fsp3) is 1.00. The van der Waals surface area contributed by atoms with Crippen molar-refractivity contribution in [3.8, 4) is 0 Å². The molecule has 0 aromatic rings. The molecule has 0 amide bonds. The Kier molecular flexibility index (Phi) is 4.54. The fourth-order valence-corrected chi connectivity index (χ4v) is 3.07. The molecule has 76 valence electrons. The minimum absolute atomic E-state index is 0.113. The van der Waals surface area contributed by atoms with Gasteiger partial charge in [0.05, 0.1) is 6.61 Å². The van der Waals surface area contributed by atoms with Gasteiger partial charge in [-0.2, -0.15) is 12.0 Å². The van der Waals surface area contributed by atoms with E-state index in [2.05, 4.69) is 4.18 Å². The molecule has 4 nitrogen and oxygen atoms in total. The van der Waals surface area contributed by atoms with Crippen LogP contribution in [0.2, 0.25) is 0 Å². The maximum absolute atomic E-state index is 11.0. The maximum Gasteiger partial charge on any atom is 0.409 e. The molecule has 0 fully saturated rings. The summed E-state index contributed by atoms with van der Waals surface area (Å²) in [6, 6.07) is 0. The summed E-state index contributed by atoms with van der Waals surface area (Å²) in [7, 11) is -5.28. The molecule has 0 aliphatic carbocycles. The van der Waals surface area contributed by atoms with E-state index in [1.165, 1.54) is 0 Å². The molecular weight excluding hydrogens is 200 g/mol. The first-order valence-electron chi connectivity index (χ1n) is 3.64. The molecule has 6 heteroatoms. The molecule has 0 N–H and O–H groups in total. The topological polar surface area (TPSA) is 52.6 Å². The summed E-state index contributed by atoms with van der Waals surface area (Å²) in [6.45, 7) is 3.60. The van der Waals surface area contributed by atoms with E-state index in [0.717, 1.165) is 0 Å². The number of hydrogen-bond acceptors (Lipinski definition) is 4. The third-order valence-corrected chi connectivity index (χ3v) is 5.28. The second kappa shape index (κ2) is 4.45. The van der Waals surface area contributed by atoms with Gasteiger partial charge in [0.15, 0.2) is 0 Å². The van der Waals surface area contributed by atoms with Gasteiger partial charge >= 0.3 is 10.4 Å². The van der Waals surface area contributed by atoms with Crippen LogP contribution in [0.1, 0.15) is 13.8 Å². The first-order valence-corrected chi connectivity index (χ1v) is 7.52. The van der Waals surface area contributed by atoms with Gasteiger partial charge in [0.2, 0.25) is 0 Å². The van der Waals surface area contributed by atoms with E-state index in [4.69, 9.17) is 3.63 Å². The van der Waals surface area contributed by atoms with Crippen molar-refractivity contribution in [3.63, 3.8) is 0 Å². The van der Waals surface area contributed by atoms with Crippen molar-refractivity contribution in [1.82, 2.24) is 0 Å². The summed E-state index contributed by atoms with van der Waals surface area (Å²) >= 11 is 0. The smallest absolute Gasteiger partial charge is 0.248 e. The molecular formula is C6H16O4S2. The molecule has 0 saturated carbocycles. The largest absolute Gasteiger partial charge is 0.409 e. The van der Waals surface area contributed by atoms with Gasteiger partial charge in [-0.25, -0.2) is 4.18 Å². The van der Waals surface area contributed by atoms with Crippen LogP contribution < -0.4 is 0 Å². The summed E-state index contributed by atoms with van der Waals surface area (Å²) < 4.78 is 31.2. The van der Waals surface area contributed by atoms with Crippen LogP contribution in [0.5, 0.6) is 0 Å². The van der Waals surface area contributed by atoms with Crippen LogP contribution in [-0.2, 0) is 18.2 Å². The van der Waals surface area contributed by atoms with Crippen LogP contribution >= 0.6 is 10.3 Å². The van der Waals surface area contributed by atoms with Crippen molar-refractivity contribution >= 4 is 20.7 Å². The van der Waals surface area contributed by atoms with Crippen LogP contribution in [0.25, 0.3) is 0 Å². The molecule has 0 saturated heterocycles. The molecule has 0 heterocycles. The van der Waals surface area contributed by atoms with Gasteiger partial charge in [0.1, 0.15) is 0 Å². The van der Waals surface area contributed by atoms with Crippen LogP contribution in [-0.4, -0.2) is 33.3 Å². The highest BCUT2D eigenvalue weighted by Crippen LogP contribution is 2.42. The summed E-state index contributed by atoms with van der Waals surface area (Å²) in [4.78, 5) is 0. The Hall–Kier alpha value is 0.220. The van der Waals surface area contributed by atoms with Crippen molar-refractivity contribution in [2.75, 3.05) is 24.9 Å². The second-order valence-corrected chi connectivity index (χ2v) is 7.66. The molecule has 0 aliphatic heterocycles. The highest BCUT2D eigenvalue weighted by Gasteiger charge is 2.20. The average Bonchev–Trinajstić information content (AvgIpc) is 1.85. The van der Waals surface area contributed by atoms with Crippen molar-refractivity contribution in [1.29, 1.82) is 0 Å². The highest BCUT2D eigenvalue weighted by molar-refractivity contribution is 8.31. The Morgan fingerprint density at radius 2 is 1.67 bits per heavy atom. The molecule has 0 unspecified atom stereocenters. The van der Waals surface area contributed by atoms with Crippen LogP contribution in [0, 0.1) is 0 Å². The van der Waals surface area contributed by atoms with Crippen molar-refractivity contribution < 1.29 is 16.2 Å². The Labute approximate surface area is 76.1 Å². The average molecular weight is 216 g/mol. The monoisotopic (exact) mass is 216 g/mol. The lowest BCUT2D eigenvalue weighted by molar-refractivity contribution is 0.295. The quantitative estimate of drug-likeness (QED) is 0.694. The molecule has 0 bridgehead atoms. The van der Waals surface area contributed by atoms with Gasteiger partial charge in [-0.3, -0.25) is 0 Å². The van der Waals surface area contributed by atoms with E-state index in [9.17, 15) is 8.42 Å². The molecule has 0 aliphatic rings. The number of rotatable bonds is 5. The van der Waals surface area contributed by atoms with E-state index in [0.29, 0.717) is 5.75 Å². The predicted octanol–water partition coefficient (Wildman–Crippen LogP) is 1.28. The standard InChI is InChI=1S/C6H16O4S2/c1-5-9-12(7,8)10-11(3,4)6-2/h5-6H2,1-4H3. The van der Waals surface area contributed by atoms with Gasteiger partial charge in [-0.15, -0.1) is 10.3 Å². The molecule has 0 aromatic carbocycles. The van der Waals surface area contributed by atoms with E-state index in [-0.39, 0.29) is 6.61 Å². The Bertz CT molecular complexity index is 220. The van der Waals surface area contributed by atoms with E-state index < -0.39 is 20.7 Å². The van der Waals surface area contributed by atoms with Gasteiger partial charge < -0.3 is 0 Å². The second-order valence-electron chi connectivity index (χ2n) is 2.61. The summed E-state index contributed by atoms with van der Waals surface area (Å²) in [5.41, 5.74) is 0. The van der Waals surface area contributed by atoms with Crippen LogP contribution in [0.15, 0.2) is 0 Å². The molecule has 0 spiro atoms. The molecule has 0 radical (unpaired) electrons. The lowest BCUT2D eigenvalue weighted by Gasteiger charge is -2.27. The van der Waals surface area contributed by atoms with Crippen LogP contribution in [0.3, 0.4) is 0 Å². The number of hydrogen-bond donors (Lipinski definition) is 0. The molecule has 0 atom stereocenters. The van der Waals surface area contributed by atoms with E-state index >= 15 is 0 Å². The van der Waals surface area contributed by atoms with Gasteiger partial charge in [0, 0.05) is 0 Å². The van der Waals surface area contributed by atoms with Crippen molar-refractivity contribution in [2.45, 2.75) is 13.8 Å². The highest BCUT2D eigenvalue weighted by atomic mass is 32.3. The maximum atomic E-state index is 11.0. The predicted molar refractivity (Wildman–Crippen MR) is 51.6 cm³/mol. The molecule has 0 aromatic heterocycles. The summed E-state index contributed by atoms with van der Waals surface area (Å²) in [5, 5.41) is 0. The van der Waals surface area contributed by atoms with Gasteiger partial charge in [-0.05, 0) is 25.2 Å². The van der Waals surface area contributed by atoms with Crippen molar-refractivity contribution in [3.05, 3.63) is 0 Å². The molecule has 12 heavy (non-hydrogen) atoms. The first-order chi connectivity index (χ1) is 5.33. The fourth-order valence-electron chi connectivity index (χ4n) is 0.438. The summed E-state index contributed by atoms with van der Waals surface area (Å²) in [5.74, 6) is 0.694. The SMILES string of the molecule is CCOS(=O)(=O)OS(C)(C)CC. The Balaban J connectivity index is 4.25. The Morgan fingerprint density at radius 1 is 1.17 bits per heavy atom. The minimum Gasteiger partial charge on any atom is -0.248 e. The van der Waals surface area contributed by atoms with E-state index in [1.807, 2.05) is 6.92 Å². The first kappa shape index (κ1) is 12.2. The zero-order valence-corrected chi connectivity index (χ0v) is 9.50. The molecule has 0 rings (SSSR count). The van der Waals surface area contributed by atoms with Crippen molar-refractivity contribution in [2.24, 2.45) is 0 Å².